The first-order valence-electron chi connectivity index (χ1n) is 11.3. The summed E-state index contributed by atoms with van der Waals surface area (Å²) in [5.74, 6) is -0.243. The van der Waals surface area contributed by atoms with Gasteiger partial charge in [0.15, 0.2) is 0 Å². The van der Waals surface area contributed by atoms with Crippen molar-refractivity contribution in [3.05, 3.63) is 59.8 Å². The van der Waals surface area contributed by atoms with Gasteiger partial charge in [-0.2, -0.15) is 4.99 Å². The van der Waals surface area contributed by atoms with Gasteiger partial charge in [-0.15, -0.1) is 0 Å². The van der Waals surface area contributed by atoms with E-state index in [1.165, 1.54) is 0 Å². The largest absolute Gasteiger partial charge is 0.350 e. The highest BCUT2D eigenvalue weighted by Gasteiger charge is 2.48. The molecule has 0 spiro atoms. The number of amidine groups is 1. The summed E-state index contributed by atoms with van der Waals surface area (Å²) in [5.41, 5.74) is 1.08. The molecule has 7 nitrogen and oxygen atoms in total. The molecule has 7 heteroatoms. The highest BCUT2D eigenvalue weighted by atomic mass is 16.2. The number of aliphatic imine (C=N–C) groups is 1. The maximum atomic E-state index is 13.9. The topological polar surface area (TPSA) is 82.1 Å². The van der Waals surface area contributed by atoms with Crippen LogP contribution in [0, 0.1) is 6.92 Å². The van der Waals surface area contributed by atoms with Gasteiger partial charge in [0.1, 0.15) is 11.4 Å². The molecule has 1 saturated carbocycles. The highest BCUT2D eigenvalue weighted by molar-refractivity contribution is 6.09. The van der Waals surface area contributed by atoms with Crippen molar-refractivity contribution in [1.29, 1.82) is 0 Å². The van der Waals surface area contributed by atoms with Gasteiger partial charge >= 0.3 is 0 Å². The Morgan fingerprint density at radius 2 is 1.91 bits per heavy atom. The first kappa shape index (κ1) is 22.0. The molecule has 1 aromatic rings. The molecule has 0 radical (unpaired) electrons. The van der Waals surface area contributed by atoms with Gasteiger partial charge in [-0.25, -0.2) is 0 Å². The first-order valence-corrected chi connectivity index (χ1v) is 11.3. The molecule has 1 aliphatic carbocycles. The molecule has 0 saturated heterocycles. The van der Waals surface area contributed by atoms with Crippen LogP contribution in [-0.4, -0.2) is 51.5 Å². The van der Waals surface area contributed by atoms with Crippen molar-refractivity contribution in [2.45, 2.75) is 64.1 Å². The predicted octanol–water partition coefficient (Wildman–Crippen LogP) is 2.86. The number of benzene rings is 1. The molecular weight excluding hydrogens is 404 g/mol. The number of amides is 3. The van der Waals surface area contributed by atoms with Crippen molar-refractivity contribution in [2.75, 3.05) is 6.54 Å². The van der Waals surface area contributed by atoms with E-state index in [1.54, 1.807) is 35.1 Å². The Balaban J connectivity index is 1.51. The van der Waals surface area contributed by atoms with Crippen LogP contribution >= 0.6 is 0 Å². The van der Waals surface area contributed by atoms with E-state index in [4.69, 9.17) is 0 Å². The number of carbonyl (C=O) groups is 3. The van der Waals surface area contributed by atoms with E-state index in [1.807, 2.05) is 37.3 Å². The SMILES string of the molecule is Cc1ccc(CNC(=O)CN(C(=O)C2(C)CC(=O)N=C3C=CC=CN32)C2CCCC2)cc1. The summed E-state index contributed by atoms with van der Waals surface area (Å²) in [7, 11) is 0. The van der Waals surface area contributed by atoms with Crippen molar-refractivity contribution in [1.82, 2.24) is 15.1 Å². The molecule has 1 fully saturated rings. The van der Waals surface area contributed by atoms with Crippen LogP contribution in [-0.2, 0) is 20.9 Å². The minimum absolute atomic E-state index is 0.00572. The molecule has 1 N–H and O–H groups in total. The Morgan fingerprint density at radius 3 is 2.62 bits per heavy atom. The lowest BCUT2D eigenvalue weighted by atomic mass is 9.89. The molecule has 0 aromatic heterocycles. The lowest BCUT2D eigenvalue weighted by Crippen LogP contribution is -2.63. The van der Waals surface area contributed by atoms with E-state index in [0.29, 0.717) is 12.4 Å². The van der Waals surface area contributed by atoms with Gasteiger partial charge in [-0.3, -0.25) is 14.4 Å². The zero-order valence-corrected chi connectivity index (χ0v) is 18.7. The number of rotatable bonds is 6. The lowest BCUT2D eigenvalue weighted by molar-refractivity contribution is -0.148. The third kappa shape index (κ3) is 4.52. The van der Waals surface area contributed by atoms with Gasteiger partial charge < -0.3 is 15.1 Å². The number of carbonyl (C=O) groups excluding carboxylic acids is 3. The lowest BCUT2D eigenvalue weighted by Gasteiger charge is -2.45. The van der Waals surface area contributed by atoms with E-state index in [-0.39, 0.29) is 36.7 Å². The molecule has 32 heavy (non-hydrogen) atoms. The number of aryl methyl sites for hydroxylation is 1. The second kappa shape index (κ2) is 9.10. The summed E-state index contributed by atoms with van der Waals surface area (Å²) in [5, 5.41) is 2.95. The number of fused-ring (bicyclic) bond motifs is 1. The fourth-order valence-electron chi connectivity index (χ4n) is 4.68. The van der Waals surface area contributed by atoms with Gasteiger partial charge in [0.05, 0.1) is 13.0 Å². The maximum Gasteiger partial charge on any atom is 0.250 e. The molecule has 3 aliphatic rings. The van der Waals surface area contributed by atoms with Crippen LogP contribution < -0.4 is 5.32 Å². The van der Waals surface area contributed by atoms with Gasteiger partial charge in [-0.1, -0.05) is 48.7 Å². The Labute approximate surface area is 188 Å². The summed E-state index contributed by atoms with van der Waals surface area (Å²) in [6.07, 6.45) is 10.9. The number of hydrogen-bond donors (Lipinski definition) is 1. The number of nitrogens with one attached hydrogen (secondary N) is 1. The Kier molecular flexibility index (Phi) is 6.26. The average molecular weight is 435 g/mol. The smallest absolute Gasteiger partial charge is 0.250 e. The minimum Gasteiger partial charge on any atom is -0.350 e. The molecule has 1 unspecified atom stereocenters. The molecule has 3 amide bonds. The molecule has 1 aromatic carbocycles. The van der Waals surface area contributed by atoms with Crippen LogP contribution in [0.4, 0.5) is 0 Å². The second-order valence-electron chi connectivity index (χ2n) is 9.02. The summed E-state index contributed by atoms with van der Waals surface area (Å²) >= 11 is 0. The maximum absolute atomic E-state index is 13.9. The van der Waals surface area contributed by atoms with Crippen molar-refractivity contribution in [3.63, 3.8) is 0 Å². The molecular formula is C25H30N4O3. The van der Waals surface area contributed by atoms with E-state index in [9.17, 15) is 14.4 Å². The Morgan fingerprint density at radius 1 is 1.19 bits per heavy atom. The zero-order chi connectivity index (χ0) is 22.7. The zero-order valence-electron chi connectivity index (χ0n) is 18.7. The van der Waals surface area contributed by atoms with Crippen molar-refractivity contribution < 1.29 is 14.4 Å². The summed E-state index contributed by atoms with van der Waals surface area (Å²) in [6, 6.07) is 8.00. The van der Waals surface area contributed by atoms with Crippen molar-refractivity contribution in [2.24, 2.45) is 4.99 Å². The molecule has 2 aliphatic heterocycles. The summed E-state index contributed by atoms with van der Waals surface area (Å²) in [6.45, 7) is 4.20. The van der Waals surface area contributed by atoms with Crippen LogP contribution in [0.25, 0.3) is 0 Å². The van der Waals surface area contributed by atoms with Crippen molar-refractivity contribution in [3.8, 4) is 0 Å². The van der Waals surface area contributed by atoms with Crippen LogP contribution in [0.15, 0.2) is 53.7 Å². The van der Waals surface area contributed by atoms with Gasteiger partial charge in [0.25, 0.3) is 5.91 Å². The number of nitrogens with zero attached hydrogens (tertiary/aromatic N) is 3. The third-order valence-corrected chi connectivity index (χ3v) is 6.52. The molecule has 4 rings (SSSR count). The highest BCUT2D eigenvalue weighted by Crippen LogP contribution is 2.33. The Bertz CT molecular complexity index is 989. The van der Waals surface area contributed by atoms with Gasteiger partial charge in [0.2, 0.25) is 11.8 Å². The quantitative estimate of drug-likeness (QED) is 0.746. The van der Waals surface area contributed by atoms with Crippen molar-refractivity contribution >= 4 is 23.6 Å². The van der Waals surface area contributed by atoms with Crippen LogP contribution in [0.5, 0.6) is 0 Å². The van der Waals surface area contributed by atoms with Crippen LogP contribution in [0.1, 0.15) is 50.2 Å². The Hall–Kier alpha value is -3.22. The standard InChI is InChI=1S/C25H30N4O3/c1-18-10-12-19(13-11-18)16-26-23(31)17-28(20-7-3-4-8-20)24(32)25(2)15-22(30)27-21-9-5-6-14-29(21)25/h5-6,9-14,20H,3-4,7-8,15-17H2,1-2H3,(H,26,31). The third-order valence-electron chi connectivity index (χ3n) is 6.52. The normalized spacial score (nSPS) is 22.5. The van der Waals surface area contributed by atoms with Gasteiger partial charge in [0, 0.05) is 18.8 Å². The fourth-order valence-corrected chi connectivity index (χ4v) is 4.68. The summed E-state index contributed by atoms with van der Waals surface area (Å²) in [4.78, 5) is 46.7. The predicted molar refractivity (Wildman–Crippen MR) is 123 cm³/mol. The average Bonchev–Trinajstić information content (AvgIpc) is 3.31. The van der Waals surface area contributed by atoms with E-state index in [0.717, 1.165) is 36.8 Å². The summed E-state index contributed by atoms with van der Waals surface area (Å²) < 4.78 is 0. The van der Waals surface area contributed by atoms with Crippen LogP contribution in [0.3, 0.4) is 0 Å². The van der Waals surface area contributed by atoms with Gasteiger partial charge in [-0.05, 0) is 44.4 Å². The second-order valence-corrected chi connectivity index (χ2v) is 9.02. The van der Waals surface area contributed by atoms with E-state index in [2.05, 4.69) is 10.3 Å². The molecule has 0 bridgehead atoms. The first-order chi connectivity index (χ1) is 15.4. The fraction of sp³-hybridized carbons (Fsp3) is 0.440. The van der Waals surface area contributed by atoms with Crippen LogP contribution in [0.2, 0.25) is 0 Å². The molecule has 1 atom stereocenters. The van der Waals surface area contributed by atoms with E-state index < -0.39 is 5.54 Å². The van der Waals surface area contributed by atoms with E-state index >= 15 is 0 Å². The monoisotopic (exact) mass is 434 g/mol. The number of allylic oxidation sites excluding steroid dienone is 2. The molecule has 168 valence electrons. The number of hydrogen-bond acceptors (Lipinski definition) is 4. The molecule has 2 heterocycles. The minimum atomic E-state index is -1.10.